The predicted octanol–water partition coefficient (Wildman–Crippen LogP) is 0.584. The Morgan fingerprint density at radius 1 is 1.33 bits per heavy atom. The number of carbonyl (C=O) groups is 3. The molecule has 6 nitrogen and oxygen atoms in total. The number of nitrogens with zero attached hydrogens (tertiary/aromatic N) is 1. The summed E-state index contributed by atoms with van der Waals surface area (Å²) in [4.78, 5) is 39.8. The van der Waals surface area contributed by atoms with Crippen molar-refractivity contribution in [3.63, 3.8) is 0 Å². The van der Waals surface area contributed by atoms with E-state index in [-0.39, 0.29) is 18.9 Å². The van der Waals surface area contributed by atoms with Crippen molar-refractivity contribution in [3.8, 4) is 0 Å². The highest BCUT2D eigenvalue weighted by Crippen LogP contribution is 2.19. The van der Waals surface area contributed by atoms with Gasteiger partial charge < -0.3 is 9.88 Å². The van der Waals surface area contributed by atoms with E-state index in [2.05, 4.69) is 10.3 Å². The van der Waals surface area contributed by atoms with Crippen LogP contribution in [0.15, 0.2) is 30.5 Å². The first-order valence-electron chi connectivity index (χ1n) is 6.74. The fourth-order valence-electron chi connectivity index (χ4n) is 2.56. The summed E-state index contributed by atoms with van der Waals surface area (Å²) in [5, 5.41) is 3.20. The van der Waals surface area contributed by atoms with E-state index in [1.807, 2.05) is 24.3 Å². The van der Waals surface area contributed by atoms with Crippen molar-refractivity contribution < 1.29 is 14.4 Å². The molecular weight excluding hydrogens is 270 g/mol. The summed E-state index contributed by atoms with van der Waals surface area (Å²) in [6, 6.07) is 7.07. The molecule has 0 radical (unpaired) electrons. The van der Waals surface area contributed by atoms with Gasteiger partial charge in [0.25, 0.3) is 0 Å². The topological polar surface area (TPSA) is 82.3 Å². The monoisotopic (exact) mass is 285 g/mol. The number of carbonyl (C=O) groups excluding carboxylic acids is 3. The van der Waals surface area contributed by atoms with Gasteiger partial charge in [-0.25, -0.2) is 0 Å². The summed E-state index contributed by atoms with van der Waals surface area (Å²) in [7, 11) is 0. The van der Waals surface area contributed by atoms with Crippen LogP contribution in [0, 0.1) is 0 Å². The van der Waals surface area contributed by atoms with E-state index < -0.39 is 17.9 Å². The third kappa shape index (κ3) is 2.40. The lowest BCUT2D eigenvalue weighted by molar-refractivity contribution is -0.149. The summed E-state index contributed by atoms with van der Waals surface area (Å²) in [6.45, 7) is 1.54. The molecule has 1 unspecified atom stereocenters. The molecule has 2 aromatic rings. The van der Waals surface area contributed by atoms with Crippen LogP contribution in [-0.4, -0.2) is 40.2 Å². The molecule has 0 spiro atoms. The van der Waals surface area contributed by atoms with Gasteiger partial charge in [-0.2, -0.15) is 0 Å². The Labute approximate surface area is 121 Å². The average Bonchev–Trinajstić information content (AvgIpc) is 2.86. The van der Waals surface area contributed by atoms with Gasteiger partial charge in [-0.15, -0.1) is 0 Å². The van der Waals surface area contributed by atoms with Gasteiger partial charge in [0, 0.05) is 17.1 Å². The number of hydrogen-bond acceptors (Lipinski definition) is 3. The van der Waals surface area contributed by atoms with Crippen LogP contribution in [-0.2, 0) is 20.8 Å². The molecule has 1 aliphatic heterocycles. The van der Waals surface area contributed by atoms with Crippen LogP contribution >= 0.6 is 0 Å². The fraction of sp³-hybridized carbons (Fsp3) is 0.267. The highest BCUT2D eigenvalue weighted by Gasteiger charge is 2.33. The van der Waals surface area contributed by atoms with Gasteiger partial charge in [0.15, 0.2) is 0 Å². The second-order valence-corrected chi connectivity index (χ2v) is 5.15. The Hall–Kier alpha value is -2.63. The lowest BCUT2D eigenvalue weighted by atomic mass is 10.1. The first-order valence-corrected chi connectivity index (χ1v) is 6.74. The van der Waals surface area contributed by atoms with E-state index in [1.54, 1.807) is 13.1 Å². The summed E-state index contributed by atoms with van der Waals surface area (Å²) < 4.78 is 0. The molecule has 21 heavy (non-hydrogen) atoms. The third-order valence-corrected chi connectivity index (χ3v) is 3.76. The molecule has 6 heteroatoms. The molecule has 0 aliphatic carbocycles. The van der Waals surface area contributed by atoms with Crippen LogP contribution in [0.2, 0.25) is 0 Å². The predicted molar refractivity (Wildman–Crippen MR) is 76.3 cm³/mol. The maximum Gasteiger partial charge on any atom is 0.249 e. The molecule has 108 valence electrons. The van der Waals surface area contributed by atoms with Crippen molar-refractivity contribution in [2.75, 3.05) is 6.54 Å². The molecule has 2 N–H and O–H groups in total. The molecule has 1 aromatic heterocycles. The molecule has 1 aromatic carbocycles. The summed E-state index contributed by atoms with van der Waals surface area (Å²) in [5.74, 6) is -1.10. The van der Waals surface area contributed by atoms with Crippen LogP contribution in [0.3, 0.4) is 0 Å². The first kappa shape index (κ1) is 13.4. The maximum atomic E-state index is 12.4. The zero-order chi connectivity index (χ0) is 15.0. The fourth-order valence-corrected chi connectivity index (χ4v) is 2.56. The zero-order valence-corrected chi connectivity index (χ0v) is 11.6. The molecule has 0 saturated carbocycles. The van der Waals surface area contributed by atoms with Crippen LogP contribution in [0.25, 0.3) is 10.9 Å². The van der Waals surface area contributed by atoms with Crippen LogP contribution < -0.4 is 5.32 Å². The second kappa shape index (κ2) is 5.05. The number of H-pyrrole nitrogens is 1. The number of imide groups is 1. The van der Waals surface area contributed by atoms with E-state index in [0.717, 1.165) is 16.5 Å². The molecule has 1 aliphatic rings. The van der Waals surface area contributed by atoms with Gasteiger partial charge in [0.05, 0.1) is 6.42 Å². The van der Waals surface area contributed by atoms with Crippen molar-refractivity contribution >= 4 is 28.6 Å². The minimum atomic E-state index is -0.625. The maximum absolute atomic E-state index is 12.4. The van der Waals surface area contributed by atoms with E-state index in [0.29, 0.717) is 0 Å². The Morgan fingerprint density at radius 3 is 2.90 bits per heavy atom. The van der Waals surface area contributed by atoms with Gasteiger partial charge in [-0.1, -0.05) is 18.2 Å². The minimum absolute atomic E-state index is 0.0753. The molecule has 0 bridgehead atoms. The molecule has 1 atom stereocenters. The molecular formula is C15H15N3O3. The van der Waals surface area contributed by atoms with Gasteiger partial charge >= 0.3 is 0 Å². The SMILES string of the molecule is CC1C(=O)NC(=O)CN1C(=O)Cc1c[nH]c2ccccc12. The smallest absolute Gasteiger partial charge is 0.249 e. The molecule has 1 fully saturated rings. The minimum Gasteiger partial charge on any atom is -0.361 e. The Kier molecular flexibility index (Phi) is 3.21. The highest BCUT2D eigenvalue weighted by atomic mass is 16.2. The number of rotatable bonds is 2. The number of hydrogen-bond donors (Lipinski definition) is 2. The molecule has 1 saturated heterocycles. The largest absolute Gasteiger partial charge is 0.361 e. The van der Waals surface area contributed by atoms with E-state index in [1.165, 1.54) is 4.90 Å². The van der Waals surface area contributed by atoms with Gasteiger partial charge in [-0.3, -0.25) is 19.7 Å². The number of aromatic amines is 1. The van der Waals surface area contributed by atoms with Gasteiger partial charge in [-0.05, 0) is 18.6 Å². The van der Waals surface area contributed by atoms with Crippen molar-refractivity contribution in [3.05, 3.63) is 36.0 Å². The second-order valence-electron chi connectivity index (χ2n) is 5.15. The van der Waals surface area contributed by atoms with Crippen LogP contribution in [0.5, 0.6) is 0 Å². The number of amides is 3. The van der Waals surface area contributed by atoms with E-state index in [4.69, 9.17) is 0 Å². The molecule has 3 rings (SSSR count). The lowest BCUT2D eigenvalue weighted by Gasteiger charge is -2.31. The number of para-hydroxylation sites is 1. The lowest BCUT2D eigenvalue weighted by Crippen LogP contribution is -2.58. The van der Waals surface area contributed by atoms with Crippen LogP contribution in [0.1, 0.15) is 12.5 Å². The van der Waals surface area contributed by atoms with E-state index in [9.17, 15) is 14.4 Å². The normalized spacial score (nSPS) is 18.9. The number of aromatic nitrogens is 1. The summed E-state index contributed by atoms with van der Waals surface area (Å²) >= 11 is 0. The number of benzene rings is 1. The summed E-state index contributed by atoms with van der Waals surface area (Å²) in [6.07, 6.45) is 1.95. The molecule has 2 heterocycles. The number of fused-ring (bicyclic) bond motifs is 1. The average molecular weight is 285 g/mol. The zero-order valence-electron chi connectivity index (χ0n) is 11.6. The van der Waals surface area contributed by atoms with Gasteiger partial charge in [0.2, 0.25) is 17.7 Å². The van der Waals surface area contributed by atoms with Crippen molar-refractivity contribution in [2.24, 2.45) is 0 Å². The van der Waals surface area contributed by atoms with E-state index >= 15 is 0 Å². The third-order valence-electron chi connectivity index (χ3n) is 3.76. The Balaban J connectivity index is 1.82. The van der Waals surface area contributed by atoms with Crippen molar-refractivity contribution in [1.82, 2.24) is 15.2 Å². The van der Waals surface area contributed by atoms with Crippen molar-refractivity contribution in [1.29, 1.82) is 0 Å². The Morgan fingerprint density at radius 2 is 2.10 bits per heavy atom. The highest BCUT2D eigenvalue weighted by molar-refractivity contribution is 6.04. The van der Waals surface area contributed by atoms with Crippen molar-refractivity contribution in [2.45, 2.75) is 19.4 Å². The quantitative estimate of drug-likeness (QED) is 0.792. The van der Waals surface area contributed by atoms with Gasteiger partial charge in [0.1, 0.15) is 12.6 Å². The first-order chi connectivity index (χ1) is 10.1. The molecule has 3 amide bonds. The van der Waals surface area contributed by atoms with Crippen LogP contribution in [0.4, 0.5) is 0 Å². The Bertz CT molecular complexity index is 735. The number of piperazine rings is 1. The standard InChI is InChI=1S/C15H15N3O3/c1-9-15(21)17-13(19)8-18(9)14(20)6-10-7-16-12-5-3-2-4-11(10)12/h2-5,7,9,16H,6,8H2,1H3,(H,17,19,21). The number of nitrogens with one attached hydrogen (secondary N) is 2. The summed E-state index contributed by atoms with van der Waals surface area (Å²) in [5.41, 5.74) is 1.82.